The summed E-state index contributed by atoms with van der Waals surface area (Å²) in [6.45, 7) is 3.62. The molecule has 0 spiro atoms. The van der Waals surface area contributed by atoms with E-state index in [1.165, 1.54) is 11.7 Å². The molecule has 2 aromatic carbocycles. The summed E-state index contributed by atoms with van der Waals surface area (Å²) in [6.07, 6.45) is 8.24. The van der Waals surface area contributed by atoms with E-state index >= 15 is 0 Å². The lowest BCUT2D eigenvalue weighted by atomic mass is 9.95. The van der Waals surface area contributed by atoms with Crippen molar-refractivity contribution in [1.29, 1.82) is 0 Å². The first-order valence-corrected chi connectivity index (χ1v) is 7.89. The normalized spacial score (nSPS) is 9.38. The number of fused-ring (bicyclic) bond motifs is 1. The molecule has 4 rings (SSSR count). The predicted octanol–water partition coefficient (Wildman–Crippen LogP) is 1.36. The number of benzene rings is 2. The van der Waals surface area contributed by atoms with Crippen molar-refractivity contribution >= 4 is 56.9 Å². The van der Waals surface area contributed by atoms with Gasteiger partial charge in [0, 0.05) is 24.1 Å². The third-order valence-electron chi connectivity index (χ3n) is 3.33. The molecule has 6 heteroatoms. The molecule has 0 bridgehead atoms. The van der Waals surface area contributed by atoms with Crippen molar-refractivity contribution < 1.29 is 0 Å². The summed E-state index contributed by atoms with van der Waals surface area (Å²) in [5, 5.41) is 1.17. The average Bonchev–Trinajstić information content (AvgIpc) is 3.12. The van der Waals surface area contributed by atoms with Crippen LogP contribution in [0.3, 0.4) is 0 Å². The summed E-state index contributed by atoms with van der Waals surface area (Å²) < 4.78 is 0. The number of nitrogens with zero attached hydrogens (tertiary/aromatic N) is 2. The number of aromatic nitrogens is 3. The van der Waals surface area contributed by atoms with Crippen LogP contribution in [0.5, 0.6) is 0 Å². The van der Waals surface area contributed by atoms with E-state index in [4.69, 9.17) is 23.5 Å². The minimum absolute atomic E-state index is 0.600. The van der Waals surface area contributed by atoms with Gasteiger partial charge in [-0.1, -0.05) is 65.4 Å². The number of hydrogen-bond acceptors (Lipinski definition) is 2. The molecule has 0 aliphatic heterocycles. The SMILES string of the molecule is [B]c1ccc(C=C)cc1.[B]c1ccc2[nH]ccc2c1.[B]c1cncnc1. The maximum Gasteiger partial charge on any atom is 0.118 e. The Balaban J connectivity index is 0.000000143. The van der Waals surface area contributed by atoms with Crippen LogP contribution in [0.1, 0.15) is 5.56 Å². The van der Waals surface area contributed by atoms with Crippen molar-refractivity contribution in [3.63, 3.8) is 0 Å². The molecule has 0 saturated carbocycles. The molecule has 0 aliphatic rings. The minimum atomic E-state index is 0.600. The first-order chi connectivity index (χ1) is 12.6. The van der Waals surface area contributed by atoms with Gasteiger partial charge in [-0.25, -0.2) is 9.97 Å². The van der Waals surface area contributed by atoms with Crippen LogP contribution in [-0.4, -0.2) is 38.5 Å². The number of rotatable bonds is 1. The number of hydrogen-bond donors (Lipinski definition) is 1. The predicted molar refractivity (Wildman–Crippen MR) is 113 cm³/mol. The van der Waals surface area contributed by atoms with E-state index in [2.05, 4.69) is 21.5 Å². The Morgan fingerprint density at radius 1 is 0.808 bits per heavy atom. The number of H-pyrrole nitrogens is 1. The fourth-order valence-corrected chi connectivity index (χ4v) is 2.01. The molecule has 4 aromatic rings. The Bertz CT molecular complexity index is 935. The summed E-state index contributed by atoms with van der Waals surface area (Å²) in [4.78, 5) is 10.4. The van der Waals surface area contributed by atoms with Crippen molar-refractivity contribution in [1.82, 2.24) is 15.0 Å². The standard InChI is InChI=1S/C8H6BN.C8H7B.C4H3BN2/c9-7-1-2-8-6(5-7)3-4-10-8;1-2-7-3-5-8(9)6-4-7;5-4-1-6-3-7-2-4/h1-5,10H;2-6H,1H2;1-3H. The van der Waals surface area contributed by atoms with Crippen molar-refractivity contribution in [2.75, 3.05) is 0 Å². The van der Waals surface area contributed by atoms with Crippen LogP contribution in [-0.2, 0) is 0 Å². The highest BCUT2D eigenvalue weighted by Gasteiger charge is 1.90. The highest BCUT2D eigenvalue weighted by Crippen LogP contribution is 2.07. The molecule has 120 valence electrons. The van der Waals surface area contributed by atoms with Gasteiger partial charge in [0.15, 0.2) is 0 Å². The largest absolute Gasteiger partial charge is 0.361 e. The quantitative estimate of drug-likeness (QED) is 0.535. The maximum atomic E-state index is 5.57. The lowest BCUT2D eigenvalue weighted by Gasteiger charge is -1.91. The second kappa shape index (κ2) is 10.1. The molecule has 2 heterocycles. The van der Waals surface area contributed by atoms with Gasteiger partial charge < -0.3 is 4.98 Å². The summed E-state index contributed by atoms with van der Waals surface area (Å²) in [5.41, 5.74) is 4.44. The molecule has 0 amide bonds. The van der Waals surface area contributed by atoms with Gasteiger partial charge in [-0.05, 0) is 23.1 Å². The van der Waals surface area contributed by atoms with Gasteiger partial charge in [0.05, 0.1) is 0 Å². The van der Waals surface area contributed by atoms with E-state index in [0.717, 1.165) is 22.0 Å². The van der Waals surface area contributed by atoms with Gasteiger partial charge in [0.1, 0.15) is 29.9 Å². The lowest BCUT2D eigenvalue weighted by molar-refractivity contribution is 1.19. The highest BCUT2D eigenvalue weighted by atomic mass is 14.8. The second-order valence-corrected chi connectivity index (χ2v) is 5.37. The minimum Gasteiger partial charge on any atom is -0.361 e. The highest BCUT2D eigenvalue weighted by molar-refractivity contribution is 6.33. The zero-order valence-corrected chi connectivity index (χ0v) is 14.3. The van der Waals surface area contributed by atoms with Crippen LogP contribution in [0, 0.1) is 0 Å². The van der Waals surface area contributed by atoms with Crippen LogP contribution in [0.15, 0.2) is 80.0 Å². The van der Waals surface area contributed by atoms with Gasteiger partial charge in [-0.3, -0.25) is 0 Å². The molecule has 0 atom stereocenters. The zero-order valence-electron chi connectivity index (χ0n) is 14.3. The molecule has 0 unspecified atom stereocenters. The van der Waals surface area contributed by atoms with Crippen LogP contribution in [0.2, 0.25) is 0 Å². The topological polar surface area (TPSA) is 41.6 Å². The molecule has 0 saturated heterocycles. The smallest absolute Gasteiger partial charge is 0.118 e. The molecule has 0 aliphatic carbocycles. The fraction of sp³-hybridized carbons (Fsp3) is 0. The van der Waals surface area contributed by atoms with Gasteiger partial charge in [-0.15, -0.1) is 0 Å². The van der Waals surface area contributed by atoms with Crippen molar-refractivity contribution in [2.45, 2.75) is 0 Å². The Kier molecular flexibility index (Phi) is 7.50. The molecule has 3 nitrogen and oxygen atoms in total. The van der Waals surface area contributed by atoms with E-state index in [0.29, 0.717) is 5.46 Å². The Morgan fingerprint density at radius 2 is 1.46 bits per heavy atom. The van der Waals surface area contributed by atoms with Crippen LogP contribution >= 0.6 is 0 Å². The third kappa shape index (κ3) is 6.48. The van der Waals surface area contributed by atoms with Crippen molar-refractivity contribution in [2.24, 2.45) is 0 Å². The Morgan fingerprint density at radius 3 is 2.04 bits per heavy atom. The molecule has 2 aromatic heterocycles. The van der Waals surface area contributed by atoms with E-state index in [9.17, 15) is 0 Å². The Hall–Kier alpha value is -3.01. The summed E-state index contributed by atoms with van der Waals surface area (Å²) in [6, 6.07) is 15.4. The monoisotopic (exact) mass is 331 g/mol. The molecule has 26 heavy (non-hydrogen) atoms. The summed E-state index contributed by atoms with van der Waals surface area (Å²) in [5.74, 6) is 0. The van der Waals surface area contributed by atoms with E-state index in [1.54, 1.807) is 18.5 Å². The molecule has 0 fully saturated rings. The van der Waals surface area contributed by atoms with Crippen LogP contribution in [0.25, 0.3) is 17.0 Å². The van der Waals surface area contributed by atoms with Gasteiger partial charge in [-0.2, -0.15) is 0 Å². The number of nitrogens with one attached hydrogen (secondary N) is 1. The van der Waals surface area contributed by atoms with Crippen LogP contribution < -0.4 is 16.4 Å². The maximum absolute atomic E-state index is 5.57. The van der Waals surface area contributed by atoms with Crippen LogP contribution in [0.4, 0.5) is 0 Å². The summed E-state index contributed by atoms with van der Waals surface area (Å²) >= 11 is 0. The lowest BCUT2D eigenvalue weighted by Crippen LogP contribution is -2.01. The van der Waals surface area contributed by atoms with Gasteiger partial charge in [0.2, 0.25) is 0 Å². The molecule has 1 N–H and O–H groups in total. The first-order valence-electron chi connectivity index (χ1n) is 7.89. The van der Waals surface area contributed by atoms with Gasteiger partial charge in [0.25, 0.3) is 0 Å². The van der Waals surface area contributed by atoms with Gasteiger partial charge >= 0.3 is 0 Å². The van der Waals surface area contributed by atoms with Crippen molar-refractivity contribution in [3.8, 4) is 0 Å². The fourth-order valence-electron chi connectivity index (χ4n) is 2.01. The van der Waals surface area contributed by atoms with E-state index < -0.39 is 0 Å². The first kappa shape index (κ1) is 19.3. The molecular formula is C20H16B3N3. The summed E-state index contributed by atoms with van der Waals surface area (Å²) in [7, 11) is 16.2. The Labute approximate surface area is 157 Å². The van der Waals surface area contributed by atoms with E-state index in [1.807, 2.05) is 54.7 Å². The third-order valence-corrected chi connectivity index (χ3v) is 3.33. The van der Waals surface area contributed by atoms with E-state index in [-0.39, 0.29) is 0 Å². The number of aromatic amines is 1. The van der Waals surface area contributed by atoms with Crippen molar-refractivity contribution in [3.05, 3.63) is 85.6 Å². The second-order valence-electron chi connectivity index (χ2n) is 5.37. The zero-order chi connectivity index (χ0) is 18.8. The molecular weight excluding hydrogens is 315 g/mol. The average molecular weight is 331 g/mol. The molecule has 6 radical (unpaired) electrons.